The summed E-state index contributed by atoms with van der Waals surface area (Å²) in [6.45, 7) is 4.75. The zero-order chi connectivity index (χ0) is 24.9. The molecule has 3 aromatic rings. The molecule has 1 amide bonds. The maximum atomic E-state index is 14.2. The van der Waals surface area contributed by atoms with E-state index in [4.69, 9.17) is 14.2 Å². The van der Waals surface area contributed by atoms with Gasteiger partial charge in [-0.05, 0) is 78.3 Å². The van der Waals surface area contributed by atoms with Crippen LogP contribution in [0, 0.1) is 0 Å². The summed E-state index contributed by atoms with van der Waals surface area (Å²) in [6, 6.07) is 20.2. The highest BCUT2D eigenvalue weighted by atomic mass is 16.5. The summed E-state index contributed by atoms with van der Waals surface area (Å²) in [5.41, 5.74) is 5.36. The molecule has 1 aliphatic carbocycles. The Bertz CT molecular complexity index is 1170. The quantitative estimate of drug-likeness (QED) is 0.375. The number of anilines is 1. The number of methoxy groups -OCH3 is 3. The second-order valence-corrected chi connectivity index (χ2v) is 9.36. The molecule has 5 nitrogen and oxygen atoms in total. The van der Waals surface area contributed by atoms with Crippen LogP contribution in [0.5, 0.6) is 17.2 Å². The number of carbonyl (C=O) groups is 1. The molecule has 0 aliphatic heterocycles. The van der Waals surface area contributed by atoms with Crippen molar-refractivity contribution < 1.29 is 19.0 Å². The first kappa shape index (κ1) is 24.6. The van der Waals surface area contributed by atoms with Crippen molar-refractivity contribution in [2.45, 2.75) is 51.5 Å². The van der Waals surface area contributed by atoms with Gasteiger partial charge < -0.3 is 19.1 Å². The van der Waals surface area contributed by atoms with Gasteiger partial charge in [0.2, 0.25) is 5.91 Å². The lowest BCUT2D eigenvalue weighted by molar-refractivity contribution is -0.120. The van der Waals surface area contributed by atoms with Gasteiger partial charge in [0.05, 0.1) is 33.8 Å². The van der Waals surface area contributed by atoms with Crippen LogP contribution < -0.4 is 19.1 Å². The smallest absolute Gasteiger partial charge is 0.234 e. The highest BCUT2D eigenvalue weighted by Gasteiger charge is 2.32. The maximum absolute atomic E-state index is 14.2. The number of aryl methyl sites for hydroxylation is 1. The SMILES string of the molecule is COc1ccc(CN(C(=O)C2CCCc3ccc(OC)cc32)c2ccc(C(C)C)cc2)c(OC)c1. The summed E-state index contributed by atoms with van der Waals surface area (Å²) >= 11 is 0. The molecule has 4 rings (SSSR count). The molecule has 0 heterocycles. The number of ether oxygens (including phenoxy) is 3. The third-order valence-corrected chi connectivity index (χ3v) is 6.93. The summed E-state index contributed by atoms with van der Waals surface area (Å²) in [5.74, 6) is 2.50. The van der Waals surface area contributed by atoms with Crippen LogP contribution in [0.1, 0.15) is 60.8 Å². The Balaban J connectivity index is 1.75. The van der Waals surface area contributed by atoms with Gasteiger partial charge in [-0.15, -0.1) is 0 Å². The standard InChI is InChI=1S/C30H35NO4/c1-20(2)21-9-13-24(14-10-21)31(19-23-12-16-26(34-4)18-29(23)35-5)30(32)27-8-6-7-22-11-15-25(33-3)17-28(22)27/h9-18,20,27H,6-8,19H2,1-5H3. The van der Waals surface area contributed by atoms with Crippen molar-refractivity contribution in [1.29, 1.82) is 0 Å². The Hall–Kier alpha value is -3.47. The average Bonchev–Trinajstić information content (AvgIpc) is 2.90. The van der Waals surface area contributed by atoms with Crippen LogP contribution in [0.3, 0.4) is 0 Å². The highest BCUT2D eigenvalue weighted by molar-refractivity contribution is 5.98. The van der Waals surface area contributed by atoms with E-state index in [0.717, 1.165) is 47.6 Å². The fourth-order valence-electron chi connectivity index (χ4n) is 4.84. The predicted octanol–water partition coefficient (Wildman–Crippen LogP) is 6.49. The van der Waals surface area contributed by atoms with E-state index in [1.54, 1.807) is 21.3 Å². The van der Waals surface area contributed by atoms with Crippen molar-refractivity contribution in [3.63, 3.8) is 0 Å². The fourth-order valence-corrected chi connectivity index (χ4v) is 4.84. The summed E-state index contributed by atoms with van der Waals surface area (Å²) in [4.78, 5) is 16.1. The maximum Gasteiger partial charge on any atom is 0.234 e. The topological polar surface area (TPSA) is 48.0 Å². The molecule has 1 unspecified atom stereocenters. The van der Waals surface area contributed by atoms with E-state index in [1.165, 1.54) is 11.1 Å². The monoisotopic (exact) mass is 473 g/mol. The summed E-state index contributed by atoms with van der Waals surface area (Å²) in [7, 11) is 4.95. The molecular formula is C30H35NO4. The molecule has 3 aromatic carbocycles. The van der Waals surface area contributed by atoms with Crippen molar-refractivity contribution in [2.24, 2.45) is 0 Å². The van der Waals surface area contributed by atoms with Gasteiger partial charge >= 0.3 is 0 Å². The minimum atomic E-state index is -0.220. The minimum Gasteiger partial charge on any atom is -0.497 e. The average molecular weight is 474 g/mol. The van der Waals surface area contributed by atoms with Gasteiger partial charge in [-0.3, -0.25) is 4.79 Å². The number of hydrogen-bond donors (Lipinski definition) is 0. The molecule has 184 valence electrons. The van der Waals surface area contributed by atoms with Crippen LogP contribution in [-0.2, 0) is 17.8 Å². The Morgan fingerprint density at radius 2 is 1.60 bits per heavy atom. The molecule has 5 heteroatoms. The van der Waals surface area contributed by atoms with E-state index >= 15 is 0 Å². The number of fused-ring (bicyclic) bond motifs is 1. The molecule has 0 spiro atoms. The zero-order valence-electron chi connectivity index (χ0n) is 21.3. The van der Waals surface area contributed by atoms with Gasteiger partial charge in [0.1, 0.15) is 17.2 Å². The molecule has 1 aliphatic rings. The van der Waals surface area contributed by atoms with Gasteiger partial charge in [-0.25, -0.2) is 0 Å². The van der Waals surface area contributed by atoms with Crippen molar-refractivity contribution in [3.05, 3.63) is 82.9 Å². The Morgan fingerprint density at radius 1 is 0.914 bits per heavy atom. The largest absolute Gasteiger partial charge is 0.497 e. The number of nitrogens with zero attached hydrogens (tertiary/aromatic N) is 1. The van der Waals surface area contributed by atoms with Gasteiger partial charge in [0.15, 0.2) is 0 Å². The second kappa shape index (κ2) is 10.9. The number of amides is 1. The van der Waals surface area contributed by atoms with Crippen molar-refractivity contribution >= 4 is 11.6 Å². The summed E-state index contributed by atoms with van der Waals surface area (Å²) < 4.78 is 16.5. The van der Waals surface area contributed by atoms with Crippen LogP contribution in [0.15, 0.2) is 60.7 Å². The molecule has 0 bridgehead atoms. The van der Waals surface area contributed by atoms with Crippen LogP contribution in [0.4, 0.5) is 5.69 Å². The van der Waals surface area contributed by atoms with E-state index in [9.17, 15) is 4.79 Å². The predicted molar refractivity (Wildman–Crippen MR) is 140 cm³/mol. The minimum absolute atomic E-state index is 0.0920. The first-order chi connectivity index (χ1) is 16.9. The third kappa shape index (κ3) is 5.29. The molecule has 0 saturated carbocycles. The molecule has 1 atom stereocenters. The van der Waals surface area contributed by atoms with Crippen LogP contribution >= 0.6 is 0 Å². The van der Waals surface area contributed by atoms with Crippen molar-refractivity contribution in [1.82, 2.24) is 0 Å². The Morgan fingerprint density at radius 3 is 2.26 bits per heavy atom. The van der Waals surface area contributed by atoms with Crippen molar-refractivity contribution in [3.8, 4) is 17.2 Å². The summed E-state index contributed by atoms with van der Waals surface area (Å²) in [5, 5.41) is 0. The molecule has 0 fully saturated rings. The van der Waals surface area contributed by atoms with Crippen LogP contribution in [0.2, 0.25) is 0 Å². The molecule has 0 N–H and O–H groups in total. The van der Waals surface area contributed by atoms with E-state index in [0.29, 0.717) is 18.2 Å². The molecular weight excluding hydrogens is 438 g/mol. The second-order valence-electron chi connectivity index (χ2n) is 9.36. The lowest BCUT2D eigenvalue weighted by atomic mass is 9.81. The Kier molecular flexibility index (Phi) is 7.64. The van der Waals surface area contributed by atoms with E-state index < -0.39 is 0 Å². The van der Waals surface area contributed by atoms with Gasteiger partial charge in [-0.1, -0.05) is 32.0 Å². The fraction of sp³-hybridized carbons (Fsp3) is 0.367. The molecule has 35 heavy (non-hydrogen) atoms. The summed E-state index contributed by atoms with van der Waals surface area (Å²) in [6.07, 6.45) is 2.79. The van der Waals surface area contributed by atoms with Crippen LogP contribution in [0.25, 0.3) is 0 Å². The zero-order valence-corrected chi connectivity index (χ0v) is 21.3. The normalized spacial score (nSPS) is 14.9. The van der Waals surface area contributed by atoms with E-state index in [1.807, 2.05) is 35.2 Å². The number of hydrogen-bond acceptors (Lipinski definition) is 4. The number of benzene rings is 3. The number of rotatable bonds is 8. The van der Waals surface area contributed by atoms with Gasteiger partial charge in [0, 0.05) is 17.3 Å². The van der Waals surface area contributed by atoms with Gasteiger partial charge in [0.25, 0.3) is 0 Å². The number of carbonyl (C=O) groups excluding carboxylic acids is 1. The third-order valence-electron chi connectivity index (χ3n) is 6.93. The first-order valence-electron chi connectivity index (χ1n) is 12.2. The lowest BCUT2D eigenvalue weighted by Crippen LogP contribution is -2.36. The Labute approximate surface area is 208 Å². The van der Waals surface area contributed by atoms with E-state index in [-0.39, 0.29) is 11.8 Å². The van der Waals surface area contributed by atoms with Gasteiger partial charge in [-0.2, -0.15) is 0 Å². The molecule has 0 radical (unpaired) electrons. The molecule has 0 saturated heterocycles. The van der Waals surface area contributed by atoms with E-state index in [2.05, 4.69) is 44.2 Å². The van der Waals surface area contributed by atoms with Crippen LogP contribution in [-0.4, -0.2) is 27.2 Å². The first-order valence-corrected chi connectivity index (χ1v) is 12.2. The highest BCUT2D eigenvalue weighted by Crippen LogP contribution is 2.37. The lowest BCUT2D eigenvalue weighted by Gasteiger charge is -2.32. The van der Waals surface area contributed by atoms with Crippen molar-refractivity contribution in [2.75, 3.05) is 26.2 Å². The molecule has 0 aromatic heterocycles.